The number of aliphatic carboxylic acids is 1. The lowest BCUT2D eigenvalue weighted by molar-refractivity contribution is -0.146. The molecular formula is C20H27NO3. The van der Waals surface area contributed by atoms with E-state index in [2.05, 4.69) is 31.2 Å². The maximum absolute atomic E-state index is 12.8. The summed E-state index contributed by atoms with van der Waals surface area (Å²) in [5, 5.41) is 9.08. The molecule has 1 N–H and O–H groups in total. The van der Waals surface area contributed by atoms with Crippen LogP contribution in [0.25, 0.3) is 0 Å². The van der Waals surface area contributed by atoms with Crippen LogP contribution < -0.4 is 0 Å². The lowest BCUT2D eigenvalue weighted by atomic mass is 9.74. The van der Waals surface area contributed by atoms with Crippen molar-refractivity contribution in [2.45, 2.75) is 50.9 Å². The zero-order valence-electron chi connectivity index (χ0n) is 14.4. The zero-order valence-corrected chi connectivity index (χ0v) is 14.4. The maximum Gasteiger partial charge on any atom is 0.306 e. The van der Waals surface area contributed by atoms with Gasteiger partial charge in [-0.2, -0.15) is 0 Å². The largest absolute Gasteiger partial charge is 0.481 e. The summed E-state index contributed by atoms with van der Waals surface area (Å²) in [6.45, 7) is 3.91. The Morgan fingerprint density at radius 2 is 1.54 bits per heavy atom. The number of amides is 1. The van der Waals surface area contributed by atoms with E-state index in [4.69, 9.17) is 5.11 Å². The first-order chi connectivity index (χ1) is 11.5. The SMILES string of the molecule is CC1(c2ccccc2)CCN(C(=O)C2CCC(C(=O)O)CC2)CC1. The van der Waals surface area contributed by atoms with E-state index in [-0.39, 0.29) is 23.2 Å². The van der Waals surface area contributed by atoms with Crippen LogP contribution in [0.3, 0.4) is 0 Å². The molecule has 1 aromatic rings. The highest BCUT2D eigenvalue weighted by atomic mass is 16.4. The predicted molar refractivity (Wildman–Crippen MR) is 92.7 cm³/mol. The average molecular weight is 329 g/mol. The predicted octanol–water partition coefficient (Wildman–Crippen LogP) is 3.46. The number of carboxylic acid groups (broad SMARTS) is 1. The molecule has 3 rings (SSSR count). The first-order valence-corrected chi connectivity index (χ1v) is 9.07. The molecule has 2 fully saturated rings. The summed E-state index contributed by atoms with van der Waals surface area (Å²) in [7, 11) is 0. The molecule has 1 saturated heterocycles. The molecule has 4 heteroatoms. The van der Waals surface area contributed by atoms with Crippen molar-refractivity contribution >= 4 is 11.9 Å². The quantitative estimate of drug-likeness (QED) is 0.924. The number of rotatable bonds is 3. The number of carboxylic acids is 1. The van der Waals surface area contributed by atoms with Crippen molar-refractivity contribution < 1.29 is 14.7 Å². The van der Waals surface area contributed by atoms with Crippen LogP contribution in [0.2, 0.25) is 0 Å². The van der Waals surface area contributed by atoms with E-state index in [1.54, 1.807) is 0 Å². The molecule has 1 saturated carbocycles. The van der Waals surface area contributed by atoms with Crippen LogP contribution in [0.1, 0.15) is 51.0 Å². The van der Waals surface area contributed by atoms with E-state index in [1.807, 2.05) is 11.0 Å². The van der Waals surface area contributed by atoms with Gasteiger partial charge in [0.1, 0.15) is 0 Å². The third-order valence-corrected chi connectivity index (χ3v) is 6.08. The standard InChI is InChI=1S/C20H27NO3/c1-20(17-5-3-2-4-6-17)11-13-21(14-12-20)18(22)15-7-9-16(10-8-15)19(23)24/h2-6,15-16H,7-14H2,1H3,(H,23,24). The Labute approximate surface area is 143 Å². The molecule has 0 unspecified atom stereocenters. The van der Waals surface area contributed by atoms with Crippen molar-refractivity contribution in [3.05, 3.63) is 35.9 Å². The van der Waals surface area contributed by atoms with Crippen molar-refractivity contribution in [3.63, 3.8) is 0 Å². The van der Waals surface area contributed by atoms with E-state index in [0.717, 1.165) is 38.8 Å². The van der Waals surface area contributed by atoms with Gasteiger partial charge in [0.05, 0.1) is 5.92 Å². The van der Waals surface area contributed by atoms with Crippen molar-refractivity contribution in [2.75, 3.05) is 13.1 Å². The lowest BCUT2D eigenvalue weighted by Gasteiger charge is -2.41. The molecule has 130 valence electrons. The minimum atomic E-state index is -0.711. The zero-order chi connectivity index (χ0) is 17.2. The third-order valence-electron chi connectivity index (χ3n) is 6.08. The van der Waals surface area contributed by atoms with E-state index in [0.29, 0.717) is 12.8 Å². The molecule has 1 amide bonds. The number of carbonyl (C=O) groups excluding carboxylic acids is 1. The molecule has 1 heterocycles. The molecule has 0 bridgehead atoms. The summed E-state index contributed by atoms with van der Waals surface area (Å²) in [6.07, 6.45) is 4.72. The van der Waals surface area contributed by atoms with Crippen LogP contribution in [-0.2, 0) is 15.0 Å². The van der Waals surface area contributed by atoms with E-state index in [9.17, 15) is 9.59 Å². The Kier molecular flexibility index (Phi) is 4.93. The van der Waals surface area contributed by atoms with Gasteiger partial charge in [0.25, 0.3) is 0 Å². The van der Waals surface area contributed by atoms with Crippen molar-refractivity contribution in [2.24, 2.45) is 11.8 Å². The van der Waals surface area contributed by atoms with Gasteiger partial charge < -0.3 is 10.0 Å². The van der Waals surface area contributed by atoms with E-state index in [1.165, 1.54) is 5.56 Å². The van der Waals surface area contributed by atoms with Gasteiger partial charge in [-0.3, -0.25) is 9.59 Å². The highest BCUT2D eigenvalue weighted by molar-refractivity contribution is 5.79. The van der Waals surface area contributed by atoms with Crippen LogP contribution in [0, 0.1) is 11.8 Å². The first kappa shape index (κ1) is 17.0. The highest BCUT2D eigenvalue weighted by Gasteiger charge is 2.36. The molecule has 24 heavy (non-hydrogen) atoms. The topological polar surface area (TPSA) is 57.6 Å². The van der Waals surface area contributed by atoms with Crippen molar-refractivity contribution in [3.8, 4) is 0 Å². The minimum Gasteiger partial charge on any atom is -0.481 e. The summed E-state index contributed by atoms with van der Waals surface area (Å²) in [5.41, 5.74) is 1.51. The number of hydrogen-bond donors (Lipinski definition) is 1. The van der Waals surface area contributed by atoms with E-state index < -0.39 is 5.97 Å². The van der Waals surface area contributed by atoms with Crippen LogP contribution >= 0.6 is 0 Å². The van der Waals surface area contributed by atoms with Crippen molar-refractivity contribution in [1.82, 2.24) is 4.90 Å². The number of nitrogens with zero attached hydrogens (tertiary/aromatic N) is 1. The summed E-state index contributed by atoms with van der Waals surface area (Å²) < 4.78 is 0. The Hall–Kier alpha value is -1.84. The monoisotopic (exact) mass is 329 g/mol. The fourth-order valence-electron chi connectivity index (χ4n) is 4.20. The maximum atomic E-state index is 12.8. The number of likely N-dealkylation sites (tertiary alicyclic amines) is 1. The summed E-state index contributed by atoms with van der Waals surface area (Å²) in [5.74, 6) is -0.690. The molecule has 4 nitrogen and oxygen atoms in total. The average Bonchev–Trinajstić information content (AvgIpc) is 2.62. The second-order valence-electron chi connectivity index (χ2n) is 7.64. The number of benzene rings is 1. The molecule has 0 atom stereocenters. The van der Waals surface area contributed by atoms with Gasteiger partial charge >= 0.3 is 5.97 Å². The second kappa shape index (κ2) is 6.96. The highest BCUT2D eigenvalue weighted by Crippen LogP contribution is 2.36. The van der Waals surface area contributed by atoms with Gasteiger partial charge in [-0.15, -0.1) is 0 Å². The second-order valence-corrected chi connectivity index (χ2v) is 7.64. The van der Waals surface area contributed by atoms with Crippen LogP contribution in [0.15, 0.2) is 30.3 Å². The van der Waals surface area contributed by atoms with Crippen LogP contribution in [-0.4, -0.2) is 35.0 Å². The Balaban J connectivity index is 1.55. The fourth-order valence-corrected chi connectivity index (χ4v) is 4.20. The number of carbonyl (C=O) groups is 2. The Morgan fingerprint density at radius 1 is 1.00 bits per heavy atom. The molecule has 0 aromatic heterocycles. The van der Waals surface area contributed by atoms with Crippen LogP contribution in [0.4, 0.5) is 0 Å². The van der Waals surface area contributed by atoms with Gasteiger partial charge in [0.2, 0.25) is 5.91 Å². The Morgan fingerprint density at radius 3 is 2.08 bits per heavy atom. The summed E-state index contributed by atoms with van der Waals surface area (Å²) >= 11 is 0. The summed E-state index contributed by atoms with van der Waals surface area (Å²) in [4.78, 5) is 25.8. The minimum absolute atomic E-state index is 0.0293. The normalized spacial score (nSPS) is 26.8. The van der Waals surface area contributed by atoms with Crippen molar-refractivity contribution in [1.29, 1.82) is 0 Å². The molecule has 1 aliphatic heterocycles. The van der Waals surface area contributed by atoms with Gasteiger partial charge in [-0.05, 0) is 49.5 Å². The van der Waals surface area contributed by atoms with Crippen LogP contribution in [0.5, 0.6) is 0 Å². The van der Waals surface area contributed by atoms with Gasteiger partial charge in [0, 0.05) is 19.0 Å². The molecule has 0 radical (unpaired) electrons. The molecule has 0 spiro atoms. The molecule has 2 aliphatic rings. The van der Waals surface area contributed by atoms with Gasteiger partial charge in [-0.25, -0.2) is 0 Å². The lowest BCUT2D eigenvalue weighted by Crippen LogP contribution is -2.46. The molecule has 1 aliphatic carbocycles. The number of hydrogen-bond acceptors (Lipinski definition) is 2. The number of piperidine rings is 1. The first-order valence-electron chi connectivity index (χ1n) is 9.07. The van der Waals surface area contributed by atoms with Gasteiger partial charge in [-0.1, -0.05) is 37.3 Å². The molecule has 1 aromatic carbocycles. The van der Waals surface area contributed by atoms with E-state index >= 15 is 0 Å². The summed E-state index contributed by atoms with van der Waals surface area (Å²) in [6, 6.07) is 10.6. The molecular weight excluding hydrogens is 302 g/mol. The Bertz CT molecular complexity index is 582. The van der Waals surface area contributed by atoms with Gasteiger partial charge in [0.15, 0.2) is 0 Å². The smallest absolute Gasteiger partial charge is 0.306 e. The third kappa shape index (κ3) is 3.47. The fraction of sp³-hybridized carbons (Fsp3) is 0.600.